The highest BCUT2D eigenvalue weighted by Gasteiger charge is 2.46. The largest absolute Gasteiger partial charge is 0.356 e. The fourth-order valence-corrected chi connectivity index (χ4v) is 4.59. The minimum atomic E-state index is -0.620. The number of aromatic nitrogens is 2. The predicted octanol–water partition coefficient (Wildman–Crippen LogP) is 3.78. The number of aryl methyl sites for hydroxylation is 2. The first-order valence-electron chi connectivity index (χ1n) is 10.4. The van der Waals surface area contributed by atoms with Crippen LogP contribution in [0.15, 0.2) is 55.0 Å². The third kappa shape index (κ3) is 4.39. The summed E-state index contributed by atoms with van der Waals surface area (Å²) in [5.74, 6) is -1.20. The van der Waals surface area contributed by atoms with Crippen molar-refractivity contribution in [2.75, 3.05) is 6.54 Å². The average molecular weight is 455 g/mol. The molecule has 1 fully saturated rings. The number of nitrogens with one attached hydrogen (secondary N) is 2. The number of hydrogen-bond donors (Lipinski definition) is 2. The van der Waals surface area contributed by atoms with Crippen molar-refractivity contribution in [2.24, 2.45) is 7.05 Å². The smallest absolute Gasteiger partial charge is 0.254 e. The molecule has 2 amide bonds. The van der Waals surface area contributed by atoms with E-state index in [1.807, 2.05) is 55.1 Å². The first-order valence-corrected chi connectivity index (χ1v) is 10.7. The van der Waals surface area contributed by atoms with Crippen LogP contribution in [0.2, 0.25) is 5.15 Å². The van der Waals surface area contributed by atoms with Crippen molar-refractivity contribution >= 4 is 23.4 Å². The van der Waals surface area contributed by atoms with Gasteiger partial charge in [-0.2, -0.15) is 0 Å². The number of hydrogen-bond acceptors (Lipinski definition) is 3. The maximum absolute atomic E-state index is 13.5. The molecule has 0 unspecified atom stereocenters. The highest BCUT2D eigenvalue weighted by molar-refractivity contribution is 6.32. The highest BCUT2D eigenvalue weighted by Crippen LogP contribution is 2.43. The Labute approximate surface area is 190 Å². The summed E-state index contributed by atoms with van der Waals surface area (Å²) in [6, 6.07) is 10.9. The fraction of sp³-hybridized carbons (Fsp3) is 0.292. The van der Waals surface area contributed by atoms with Crippen LogP contribution in [0.25, 0.3) is 0 Å². The lowest BCUT2D eigenvalue weighted by Gasteiger charge is -2.48. The molecule has 3 aromatic rings. The van der Waals surface area contributed by atoms with Crippen LogP contribution in [0.3, 0.4) is 0 Å². The number of pyridine rings is 1. The molecule has 0 spiro atoms. The van der Waals surface area contributed by atoms with E-state index in [2.05, 4.69) is 15.6 Å². The molecule has 4 rings (SSSR count). The van der Waals surface area contributed by atoms with Gasteiger partial charge in [0, 0.05) is 37.4 Å². The molecule has 0 saturated heterocycles. The van der Waals surface area contributed by atoms with Crippen LogP contribution in [0.4, 0.5) is 4.39 Å². The monoisotopic (exact) mass is 454 g/mol. The summed E-state index contributed by atoms with van der Waals surface area (Å²) < 4.78 is 15.3. The molecule has 1 saturated carbocycles. The molecule has 2 N–H and O–H groups in total. The Hall–Kier alpha value is -3.19. The zero-order valence-corrected chi connectivity index (χ0v) is 18.6. The Morgan fingerprint density at radius 1 is 1.19 bits per heavy atom. The van der Waals surface area contributed by atoms with E-state index in [9.17, 15) is 14.0 Å². The molecule has 1 aliphatic rings. The van der Waals surface area contributed by atoms with Crippen molar-refractivity contribution in [3.8, 4) is 0 Å². The number of carbonyl (C=O) groups is 2. The third-order valence-corrected chi connectivity index (χ3v) is 6.33. The van der Waals surface area contributed by atoms with Gasteiger partial charge in [-0.15, -0.1) is 0 Å². The number of halogens is 2. The highest BCUT2D eigenvalue weighted by atomic mass is 35.5. The third-order valence-electron chi connectivity index (χ3n) is 6.03. The van der Waals surface area contributed by atoms with Crippen LogP contribution in [0, 0.1) is 12.7 Å². The first kappa shape index (κ1) is 22.0. The van der Waals surface area contributed by atoms with E-state index in [4.69, 9.17) is 11.6 Å². The number of carbonyl (C=O) groups excluding carboxylic acids is 2. The van der Waals surface area contributed by atoms with Gasteiger partial charge >= 0.3 is 0 Å². The molecule has 0 radical (unpaired) electrons. The predicted molar refractivity (Wildman–Crippen MR) is 120 cm³/mol. The van der Waals surface area contributed by atoms with Gasteiger partial charge in [-0.25, -0.2) is 9.37 Å². The number of amides is 2. The molecule has 32 heavy (non-hydrogen) atoms. The van der Waals surface area contributed by atoms with E-state index in [1.165, 1.54) is 0 Å². The molecule has 166 valence electrons. The molecule has 2 heterocycles. The maximum Gasteiger partial charge on any atom is 0.254 e. The van der Waals surface area contributed by atoms with Gasteiger partial charge in [-0.1, -0.05) is 41.9 Å². The molecule has 0 aliphatic heterocycles. The number of benzene rings is 1. The van der Waals surface area contributed by atoms with Crippen LogP contribution in [-0.4, -0.2) is 34.0 Å². The van der Waals surface area contributed by atoms with Gasteiger partial charge in [-0.3, -0.25) is 9.59 Å². The minimum absolute atomic E-state index is 0.0109. The SMILES string of the molecule is Cc1cn(C)cc1C(=O)NCC1(c2ccccc2)CC(NC(=O)c2cc(F)cnc2Cl)C1. The van der Waals surface area contributed by atoms with E-state index in [0.717, 1.165) is 23.4 Å². The van der Waals surface area contributed by atoms with E-state index >= 15 is 0 Å². The van der Waals surface area contributed by atoms with Gasteiger partial charge in [0.15, 0.2) is 0 Å². The Bertz CT molecular complexity index is 1160. The van der Waals surface area contributed by atoms with E-state index in [1.54, 1.807) is 6.20 Å². The van der Waals surface area contributed by atoms with Crippen molar-refractivity contribution in [3.05, 3.63) is 88.2 Å². The second-order valence-corrected chi connectivity index (χ2v) is 8.78. The maximum atomic E-state index is 13.5. The van der Waals surface area contributed by atoms with E-state index < -0.39 is 11.7 Å². The molecule has 1 aromatic carbocycles. The Kier molecular flexibility index (Phi) is 6.02. The Morgan fingerprint density at radius 3 is 2.56 bits per heavy atom. The number of rotatable bonds is 6. The summed E-state index contributed by atoms with van der Waals surface area (Å²) in [5.41, 5.74) is 2.37. The van der Waals surface area contributed by atoms with Crippen LogP contribution >= 0.6 is 11.6 Å². The van der Waals surface area contributed by atoms with Gasteiger partial charge in [0.05, 0.1) is 17.3 Å². The lowest BCUT2D eigenvalue weighted by molar-refractivity contribution is 0.0823. The summed E-state index contributed by atoms with van der Waals surface area (Å²) in [5, 5.41) is 5.94. The molecule has 0 bridgehead atoms. The van der Waals surface area contributed by atoms with Crippen molar-refractivity contribution < 1.29 is 14.0 Å². The molecular weight excluding hydrogens is 431 g/mol. The molecule has 6 nitrogen and oxygen atoms in total. The van der Waals surface area contributed by atoms with Crippen LogP contribution < -0.4 is 10.6 Å². The lowest BCUT2D eigenvalue weighted by Crippen LogP contribution is -2.57. The van der Waals surface area contributed by atoms with Crippen molar-refractivity contribution in [1.82, 2.24) is 20.2 Å². The Morgan fingerprint density at radius 2 is 1.91 bits per heavy atom. The second kappa shape index (κ2) is 8.74. The molecule has 0 atom stereocenters. The van der Waals surface area contributed by atoms with Gasteiger partial charge in [0.25, 0.3) is 11.8 Å². The fourth-order valence-electron chi connectivity index (χ4n) is 4.40. The lowest BCUT2D eigenvalue weighted by atomic mass is 9.61. The standard InChI is InChI=1S/C24H24ClFN4O2/c1-15-12-30(2)13-20(15)22(31)28-14-24(16-6-4-3-5-7-16)9-18(10-24)29-23(32)19-8-17(26)11-27-21(19)25/h3-8,11-13,18H,9-10,14H2,1-2H3,(H,28,31)(H,29,32). The first-order chi connectivity index (χ1) is 15.3. The van der Waals surface area contributed by atoms with Crippen molar-refractivity contribution in [2.45, 2.75) is 31.2 Å². The zero-order chi connectivity index (χ0) is 22.9. The molecule has 2 aromatic heterocycles. The summed E-state index contributed by atoms with van der Waals surface area (Å²) in [7, 11) is 1.88. The molecule has 1 aliphatic carbocycles. The second-order valence-electron chi connectivity index (χ2n) is 8.42. The van der Waals surface area contributed by atoms with Crippen LogP contribution in [0.5, 0.6) is 0 Å². The van der Waals surface area contributed by atoms with E-state index in [0.29, 0.717) is 24.9 Å². The summed E-state index contributed by atoms with van der Waals surface area (Å²) >= 11 is 5.96. The van der Waals surface area contributed by atoms with Gasteiger partial charge in [-0.05, 0) is 37.0 Å². The minimum Gasteiger partial charge on any atom is -0.356 e. The summed E-state index contributed by atoms with van der Waals surface area (Å²) in [6.07, 6.45) is 5.96. The van der Waals surface area contributed by atoms with Gasteiger partial charge < -0.3 is 15.2 Å². The molecular formula is C24H24ClFN4O2. The molecule has 8 heteroatoms. The van der Waals surface area contributed by atoms with Crippen LogP contribution in [-0.2, 0) is 12.5 Å². The normalized spacial score (nSPS) is 19.8. The average Bonchev–Trinajstić information content (AvgIpc) is 3.09. The van der Waals surface area contributed by atoms with Gasteiger partial charge in [0.1, 0.15) is 11.0 Å². The van der Waals surface area contributed by atoms with Gasteiger partial charge in [0.2, 0.25) is 0 Å². The Balaban J connectivity index is 1.46. The van der Waals surface area contributed by atoms with Crippen LogP contribution in [0.1, 0.15) is 44.7 Å². The number of nitrogens with zero attached hydrogens (tertiary/aromatic N) is 2. The summed E-state index contributed by atoms with van der Waals surface area (Å²) in [6.45, 7) is 2.35. The zero-order valence-electron chi connectivity index (χ0n) is 17.9. The van der Waals surface area contributed by atoms with E-state index in [-0.39, 0.29) is 28.1 Å². The van der Waals surface area contributed by atoms with Crippen molar-refractivity contribution in [1.29, 1.82) is 0 Å². The van der Waals surface area contributed by atoms with Crippen molar-refractivity contribution in [3.63, 3.8) is 0 Å². The quantitative estimate of drug-likeness (QED) is 0.556. The topological polar surface area (TPSA) is 76.0 Å². The summed E-state index contributed by atoms with van der Waals surface area (Å²) in [4.78, 5) is 29.0.